The van der Waals surface area contributed by atoms with Crippen molar-refractivity contribution in [2.75, 3.05) is 5.73 Å². The minimum absolute atomic E-state index is 0.0634. The van der Waals surface area contributed by atoms with E-state index in [1.54, 1.807) is 0 Å². The van der Waals surface area contributed by atoms with E-state index in [-0.39, 0.29) is 11.7 Å². The van der Waals surface area contributed by atoms with Crippen LogP contribution in [0, 0.1) is 0 Å². The largest absolute Gasteiger partial charge is 0.481 e. The topological polar surface area (TPSA) is 89.1 Å². The number of aliphatic carboxylic acids is 1. The molecule has 0 radical (unpaired) electrons. The van der Waals surface area contributed by atoms with Crippen molar-refractivity contribution in [3.8, 4) is 0 Å². The average molecular weight is 213 g/mol. The van der Waals surface area contributed by atoms with E-state index in [9.17, 15) is 4.79 Å². The molecule has 0 aromatic carbocycles. The van der Waals surface area contributed by atoms with E-state index in [1.165, 1.54) is 24.2 Å². The van der Waals surface area contributed by atoms with Gasteiger partial charge < -0.3 is 10.8 Å². The fraction of sp³-hybridized carbons (Fsp3) is 0.375. The second-order valence-corrected chi connectivity index (χ2v) is 4.20. The summed E-state index contributed by atoms with van der Waals surface area (Å²) in [6.45, 7) is 1.81. The van der Waals surface area contributed by atoms with Gasteiger partial charge in [0.1, 0.15) is 5.03 Å². The van der Waals surface area contributed by atoms with E-state index in [0.717, 1.165) is 0 Å². The lowest BCUT2D eigenvalue weighted by Crippen LogP contribution is -2.07. The quantitative estimate of drug-likeness (QED) is 0.726. The Kier molecular flexibility index (Phi) is 3.70. The van der Waals surface area contributed by atoms with Crippen molar-refractivity contribution in [2.45, 2.75) is 23.6 Å². The molecule has 1 heterocycles. The average Bonchev–Trinajstić information content (AvgIpc) is 2.07. The van der Waals surface area contributed by atoms with Crippen LogP contribution in [-0.4, -0.2) is 26.3 Å². The molecule has 1 aromatic heterocycles. The van der Waals surface area contributed by atoms with Gasteiger partial charge >= 0.3 is 5.97 Å². The molecule has 0 saturated heterocycles. The van der Waals surface area contributed by atoms with Crippen molar-refractivity contribution < 1.29 is 9.90 Å². The maximum absolute atomic E-state index is 10.4. The Balaban J connectivity index is 2.60. The molecule has 0 amide bonds. The lowest BCUT2D eigenvalue weighted by Gasteiger charge is -2.08. The maximum Gasteiger partial charge on any atom is 0.304 e. The standard InChI is InChI=1S/C8H11N3O2S/c1-5(4-6(12)13)14-8-7(9)10-2-3-11-8/h2-3,5H,4H2,1H3,(H2,9,10)(H,12,13). The molecule has 0 aliphatic carbocycles. The first-order valence-corrected chi connectivity index (χ1v) is 4.92. The van der Waals surface area contributed by atoms with Gasteiger partial charge in [0, 0.05) is 17.6 Å². The van der Waals surface area contributed by atoms with Crippen molar-refractivity contribution in [3.05, 3.63) is 12.4 Å². The number of carboxylic acids is 1. The van der Waals surface area contributed by atoms with E-state index in [0.29, 0.717) is 10.8 Å². The number of rotatable bonds is 4. The third-order valence-electron chi connectivity index (χ3n) is 1.47. The second kappa shape index (κ2) is 4.80. The fourth-order valence-corrected chi connectivity index (χ4v) is 1.81. The summed E-state index contributed by atoms with van der Waals surface area (Å²) in [5, 5.41) is 9.07. The number of carboxylic acid groups (broad SMARTS) is 1. The summed E-state index contributed by atoms with van der Waals surface area (Å²) < 4.78 is 0. The summed E-state index contributed by atoms with van der Waals surface area (Å²) in [6.07, 6.45) is 3.12. The number of anilines is 1. The number of aromatic nitrogens is 2. The molecule has 0 fully saturated rings. The molecule has 0 spiro atoms. The lowest BCUT2D eigenvalue weighted by atomic mass is 10.3. The van der Waals surface area contributed by atoms with Crippen LogP contribution < -0.4 is 5.73 Å². The number of nitrogens with two attached hydrogens (primary N) is 1. The van der Waals surface area contributed by atoms with Crippen LogP contribution in [0.2, 0.25) is 0 Å². The van der Waals surface area contributed by atoms with Crippen LogP contribution in [0.25, 0.3) is 0 Å². The van der Waals surface area contributed by atoms with Gasteiger partial charge in [-0.15, -0.1) is 0 Å². The summed E-state index contributed by atoms with van der Waals surface area (Å²) in [5.74, 6) is -0.484. The van der Waals surface area contributed by atoms with Crippen LogP contribution in [0.4, 0.5) is 5.82 Å². The molecule has 14 heavy (non-hydrogen) atoms. The molecule has 0 aliphatic rings. The SMILES string of the molecule is CC(CC(=O)O)Sc1nccnc1N. The molecular weight excluding hydrogens is 202 g/mol. The van der Waals surface area contributed by atoms with Crippen LogP contribution in [0.1, 0.15) is 13.3 Å². The number of thioether (sulfide) groups is 1. The normalized spacial score (nSPS) is 12.4. The number of nitrogen functional groups attached to an aromatic ring is 1. The molecule has 0 aliphatic heterocycles. The summed E-state index contributed by atoms with van der Waals surface area (Å²) >= 11 is 1.32. The van der Waals surface area contributed by atoms with E-state index in [1.807, 2.05) is 6.92 Å². The van der Waals surface area contributed by atoms with Crippen molar-refractivity contribution in [2.24, 2.45) is 0 Å². The van der Waals surface area contributed by atoms with Gasteiger partial charge in [-0.1, -0.05) is 18.7 Å². The smallest absolute Gasteiger partial charge is 0.304 e. The van der Waals surface area contributed by atoms with Crippen molar-refractivity contribution in [3.63, 3.8) is 0 Å². The maximum atomic E-state index is 10.4. The Labute approximate surface area is 85.7 Å². The minimum atomic E-state index is -0.826. The third-order valence-corrected chi connectivity index (χ3v) is 2.57. The van der Waals surface area contributed by atoms with Gasteiger partial charge in [-0.2, -0.15) is 0 Å². The van der Waals surface area contributed by atoms with Gasteiger partial charge in [0.05, 0.1) is 6.42 Å². The molecule has 76 valence electrons. The van der Waals surface area contributed by atoms with Crippen molar-refractivity contribution >= 4 is 23.5 Å². The summed E-state index contributed by atoms with van der Waals surface area (Å²) in [5.41, 5.74) is 5.56. The highest BCUT2D eigenvalue weighted by atomic mass is 32.2. The number of hydrogen-bond acceptors (Lipinski definition) is 5. The molecule has 3 N–H and O–H groups in total. The Hall–Kier alpha value is -1.30. The second-order valence-electron chi connectivity index (χ2n) is 2.77. The zero-order chi connectivity index (χ0) is 10.6. The number of nitrogens with zero attached hydrogens (tertiary/aromatic N) is 2. The molecule has 0 bridgehead atoms. The van der Waals surface area contributed by atoms with E-state index < -0.39 is 5.97 Å². The predicted octanol–water partition coefficient (Wildman–Crippen LogP) is 1.01. The Morgan fingerprint density at radius 3 is 2.86 bits per heavy atom. The first-order chi connectivity index (χ1) is 6.59. The Morgan fingerprint density at radius 2 is 2.29 bits per heavy atom. The molecule has 5 nitrogen and oxygen atoms in total. The highest BCUT2D eigenvalue weighted by molar-refractivity contribution is 8.00. The molecule has 1 atom stereocenters. The van der Waals surface area contributed by atoms with Crippen LogP contribution in [0.5, 0.6) is 0 Å². The molecule has 1 rings (SSSR count). The van der Waals surface area contributed by atoms with Crippen LogP contribution >= 0.6 is 11.8 Å². The molecule has 0 saturated carbocycles. The van der Waals surface area contributed by atoms with Crippen molar-refractivity contribution in [1.29, 1.82) is 0 Å². The van der Waals surface area contributed by atoms with E-state index >= 15 is 0 Å². The van der Waals surface area contributed by atoms with Gasteiger partial charge in [-0.05, 0) is 0 Å². The number of carbonyl (C=O) groups is 1. The monoisotopic (exact) mass is 213 g/mol. The zero-order valence-electron chi connectivity index (χ0n) is 7.67. The number of hydrogen-bond donors (Lipinski definition) is 2. The highest BCUT2D eigenvalue weighted by Crippen LogP contribution is 2.26. The van der Waals surface area contributed by atoms with Gasteiger partial charge in [0.25, 0.3) is 0 Å². The van der Waals surface area contributed by atoms with Gasteiger partial charge in [0.2, 0.25) is 0 Å². The predicted molar refractivity (Wildman–Crippen MR) is 54.0 cm³/mol. The summed E-state index contributed by atoms with van der Waals surface area (Å²) in [6, 6.07) is 0. The first kappa shape index (κ1) is 10.8. The zero-order valence-corrected chi connectivity index (χ0v) is 8.49. The van der Waals surface area contributed by atoms with Gasteiger partial charge in [-0.25, -0.2) is 9.97 Å². The summed E-state index contributed by atoms with van der Waals surface area (Å²) in [7, 11) is 0. The van der Waals surface area contributed by atoms with Crippen LogP contribution in [-0.2, 0) is 4.79 Å². The minimum Gasteiger partial charge on any atom is -0.481 e. The Morgan fingerprint density at radius 1 is 1.64 bits per heavy atom. The molecule has 1 aromatic rings. The Bertz CT molecular complexity index is 332. The lowest BCUT2D eigenvalue weighted by molar-refractivity contribution is -0.136. The fourth-order valence-electron chi connectivity index (χ4n) is 0.905. The highest BCUT2D eigenvalue weighted by Gasteiger charge is 2.11. The molecular formula is C8H11N3O2S. The molecule has 1 unspecified atom stereocenters. The van der Waals surface area contributed by atoms with E-state index in [2.05, 4.69) is 9.97 Å². The first-order valence-electron chi connectivity index (χ1n) is 4.04. The van der Waals surface area contributed by atoms with Gasteiger partial charge in [-0.3, -0.25) is 4.79 Å². The summed E-state index contributed by atoms with van der Waals surface area (Å²) in [4.78, 5) is 18.3. The van der Waals surface area contributed by atoms with Crippen LogP contribution in [0.15, 0.2) is 17.4 Å². The van der Waals surface area contributed by atoms with E-state index in [4.69, 9.17) is 10.8 Å². The third kappa shape index (κ3) is 3.21. The van der Waals surface area contributed by atoms with Gasteiger partial charge in [0.15, 0.2) is 5.82 Å². The molecule has 6 heteroatoms. The van der Waals surface area contributed by atoms with Crippen LogP contribution in [0.3, 0.4) is 0 Å². The van der Waals surface area contributed by atoms with Crippen molar-refractivity contribution in [1.82, 2.24) is 9.97 Å².